The van der Waals surface area contributed by atoms with Gasteiger partial charge in [-0.3, -0.25) is 4.79 Å². The first-order valence-electron chi connectivity index (χ1n) is 10.3. The summed E-state index contributed by atoms with van der Waals surface area (Å²) in [4.78, 5) is 22.7. The van der Waals surface area contributed by atoms with Crippen LogP contribution in [0, 0.1) is 19.7 Å². The summed E-state index contributed by atoms with van der Waals surface area (Å²) in [6.07, 6.45) is 3.34. The number of aromatic nitrogens is 2. The molecular weight excluding hydrogens is 496 g/mol. The number of anilines is 3. The molecule has 0 aliphatic heterocycles. The Morgan fingerprint density at radius 1 is 1.24 bits per heavy atom. The largest absolute Gasteiger partial charge is 2.00 e. The Morgan fingerprint density at radius 3 is 2.68 bits per heavy atom. The number of nitrogens with zero attached hydrogens (tertiary/aromatic N) is 3. The number of halogens is 2. The Morgan fingerprint density at radius 2 is 2.00 bits per heavy atom. The van der Waals surface area contributed by atoms with Crippen molar-refractivity contribution in [3.05, 3.63) is 74.0 Å². The summed E-state index contributed by atoms with van der Waals surface area (Å²) < 4.78 is 19.5. The van der Waals surface area contributed by atoms with Crippen LogP contribution in [0.2, 0.25) is 5.02 Å². The minimum absolute atomic E-state index is 0. The van der Waals surface area contributed by atoms with Gasteiger partial charge in [0, 0.05) is 17.1 Å². The molecule has 10 heteroatoms. The van der Waals surface area contributed by atoms with Crippen molar-refractivity contribution in [2.45, 2.75) is 6.42 Å². The molecule has 177 valence electrons. The second kappa shape index (κ2) is 13.3. The zero-order valence-electron chi connectivity index (χ0n) is 18.6. The molecule has 34 heavy (non-hydrogen) atoms. The molecule has 0 spiro atoms. The molecule has 0 saturated heterocycles. The number of nitrogens with one attached hydrogen (secondary N) is 2. The molecule has 3 aromatic rings. The predicted octanol–water partition coefficient (Wildman–Crippen LogP) is 5.03. The van der Waals surface area contributed by atoms with Crippen molar-refractivity contribution in [3.63, 3.8) is 0 Å². The SMILES string of the molecule is C=CC(=O)Nc1cc2c(Nc3ccc(F)c(Cl)c3)ncnc2cc1OCCCN(C[CH2-])C[CH2-].[V+2]. The van der Waals surface area contributed by atoms with Gasteiger partial charge in [0.25, 0.3) is 0 Å². The van der Waals surface area contributed by atoms with E-state index in [4.69, 9.17) is 16.3 Å². The normalized spacial score (nSPS) is 10.6. The van der Waals surface area contributed by atoms with Gasteiger partial charge in [-0.05, 0) is 43.3 Å². The minimum Gasteiger partial charge on any atom is -0.491 e. The van der Waals surface area contributed by atoms with Crippen molar-refractivity contribution in [2.24, 2.45) is 0 Å². The molecule has 1 heterocycles. The van der Waals surface area contributed by atoms with Gasteiger partial charge in [0.1, 0.15) is 23.7 Å². The Kier molecular flexibility index (Phi) is 10.8. The maximum atomic E-state index is 13.5. The molecule has 0 saturated carbocycles. The average Bonchev–Trinajstić information content (AvgIpc) is 2.82. The van der Waals surface area contributed by atoms with Gasteiger partial charge in [0.05, 0.1) is 22.8 Å². The van der Waals surface area contributed by atoms with Crippen LogP contribution in [0.15, 0.2) is 49.3 Å². The Labute approximate surface area is 215 Å². The number of hydrogen-bond acceptors (Lipinski definition) is 6. The Balaban J connectivity index is 0.00000408. The number of rotatable bonds is 11. The van der Waals surface area contributed by atoms with Crippen molar-refractivity contribution < 1.29 is 32.5 Å². The third-order valence-electron chi connectivity index (χ3n) is 4.87. The first-order chi connectivity index (χ1) is 15.9. The predicted molar refractivity (Wildman–Crippen MR) is 130 cm³/mol. The molecule has 1 aromatic heterocycles. The number of ether oxygens (including phenoxy) is 1. The zero-order chi connectivity index (χ0) is 23.8. The van der Waals surface area contributed by atoms with Crippen LogP contribution in [0.3, 0.4) is 0 Å². The molecule has 2 aromatic carbocycles. The summed E-state index contributed by atoms with van der Waals surface area (Å²) in [6.45, 7) is 13.8. The van der Waals surface area contributed by atoms with E-state index < -0.39 is 5.82 Å². The maximum absolute atomic E-state index is 13.5. The molecule has 0 atom stereocenters. The Hall–Kier alpha value is -2.65. The molecule has 3 rings (SSSR count). The molecule has 1 amide bonds. The third kappa shape index (κ3) is 7.17. The molecule has 0 fully saturated rings. The van der Waals surface area contributed by atoms with E-state index >= 15 is 0 Å². The van der Waals surface area contributed by atoms with Crippen LogP contribution in [-0.2, 0) is 23.4 Å². The summed E-state index contributed by atoms with van der Waals surface area (Å²) in [5, 5.41) is 6.50. The molecule has 0 aliphatic carbocycles. The topological polar surface area (TPSA) is 79.4 Å². The fourth-order valence-electron chi connectivity index (χ4n) is 3.10. The zero-order valence-corrected chi connectivity index (χ0v) is 20.7. The standard InChI is InChI=1S/C24H25ClFN5O2.V/c1-4-23(32)30-21-13-17-20(14-22(21)33-11-7-10-31(5-2)6-3)27-15-28-24(17)29-16-8-9-19(26)18(25)12-16;/h4,8-9,12-15H,1-3,5-7,10-11H2,(H,30,32)(H,27,28,29);/q-2;+2. The molecule has 1 radical (unpaired) electrons. The molecule has 2 N–H and O–H groups in total. The second-order valence-electron chi connectivity index (χ2n) is 7.08. The van der Waals surface area contributed by atoms with E-state index in [2.05, 4.69) is 45.9 Å². The quantitative estimate of drug-likeness (QED) is 0.210. The van der Waals surface area contributed by atoms with Crippen molar-refractivity contribution >= 4 is 45.6 Å². The van der Waals surface area contributed by atoms with Gasteiger partial charge in [-0.1, -0.05) is 18.2 Å². The van der Waals surface area contributed by atoms with Crippen molar-refractivity contribution in [1.29, 1.82) is 0 Å². The third-order valence-corrected chi connectivity index (χ3v) is 5.16. The minimum atomic E-state index is -0.514. The van der Waals surface area contributed by atoms with E-state index in [1.165, 1.54) is 24.5 Å². The molecule has 7 nitrogen and oxygen atoms in total. The molecule has 0 aliphatic rings. The van der Waals surface area contributed by atoms with E-state index in [9.17, 15) is 9.18 Å². The fourth-order valence-corrected chi connectivity index (χ4v) is 3.28. The van der Waals surface area contributed by atoms with Crippen LogP contribution < -0.4 is 15.4 Å². The fraction of sp³-hybridized carbons (Fsp3) is 0.208. The molecular formula is C24H25ClFN5O2V. The van der Waals surface area contributed by atoms with Crippen molar-refractivity contribution in [2.75, 3.05) is 36.9 Å². The van der Waals surface area contributed by atoms with Gasteiger partial charge in [0.15, 0.2) is 0 Å². The van der Waals surface area contributed by atoms with Gasteiger partial charge in [-0.2, -0.15) is 0 Å². The van der Waals surface area contributed by atoms with Gasteiger partial charge in [-0.15, -0.1) is 13.1 Å². The number of hydrogen-bond donors (Lipinski definition) is 2. The number of fused-ring (bicyclic) bond motifs is 1. The molecule has 0 bridgehead atoms. The van der Waals surface area contributed by atoms with Gasteiger partial charge in [0.2, 0.25) is 5.91 Å². The summed E-state index contributed by atoms with van der Waals surface area (Å²) in [5.74, 6) is 0.0449. The first kappa shape index (κ1) is 27.6. The Bertz CT molecular complexity index is 1140. The number of benzene rings is 2. The van der Waals surface area contributed by atoms with E-state index in [-0.39, 0.29) is 29.5 Å². The van der Waals surface area contributed by atoms with E-state index in [1.54, 1.807) is 18.2 Å². The monoisotopic (exact) mass is 520 g/mol. The first-order valence-corrected chi connectivity index (χ1v) is 10.7. The van der Waals surface area contributed by atoms with E-state index in [0.29, 0.717) is 53.5 Å². The maximum Gasteiger partial charge on any atom is 2.00 e. The molecule has 0 unspecified atom stereocenters. The van der Waals surface area contributed by atoms with Crippen molar-refractivity contribution in [1.82, 2.24) is 14.9 Å². The summed E-state index contributed by atoms with van der Waals surface area (Å²) >= 11 is 5.88. The van der Waals surface area contributed by atoms with Gasteiger partial charge < -0.3 is 34.1 Å². The van der Waals surface area contributed by atoms with Crippen LogP contribution >= 0.6 is 11.6 Å². The van der Waals surface area contributed by atoms with E-state index in [0.717, 1.165) is 13.0 Å². The van der Waals surface area contributed by atoms with Crippen LogP contribution in [0.5, 0.6) is 5.75 Å². The number of carbonyl (C=O) groups excluding carboxylic acids is 1. The summed E-state index contributed by atoms with van der Waals surface area (Å²) in [5.41, 5.74) is 1.61. The van der Waals surface area contributed by atoms with Crippen LogP contribution in [0.25, 0.3) is 10.9 Å². The van der Waals surface area contributed by atoms with Gasteiger partial charge >= 0.3 is 18.6 Å². The number of amides is 1. The smallest absolute Gasteiger partial charge is 0.491 e. The average molecular weight is 521 g/mol. The summed E-state index contributed by atoms with van der Waals surface area (Å²) in [6, 6.07) is 7.73. The number of carbonyl (C=O) groups is 1. The van der Waals surface area contributed by atoms with Crippen LogP contribution in [0.1, 0.15) is 6.42 Å². The van der Waals surface area contributed by atoms with E-state index in [1.807, 2.05) is 0 Å². The second-order valence-corrected chi connectivity index (χ2v) is 7.49. The van der Waals surface area contributed by atoms with Crippen LogP contribution in [-0.4, -0.2) is 47.0 Å². The van der Waals surface area contributed by atoms with Crippen LogP contribution in [0.4, 0.5) is 21.6 Å². The van der Waals surface area contributed by atoms with Gasteiger partial charge in [-0.25, -0.2) is 14.4 Å². The van der Waals surface area contributed by atoms with Crippen molar-refractivity contribution in [3.8, 4) is 5.75 Å². The summed E-state index contributed by atoms with van der Waals surface area (Å²) in [7, 11) is 0.